The predicted octanol–water partition coefficient (Wildman–Crippen LogP) is 2.03. The summed E-state index contributed by atoms with van der Waals surface area (Å²) in [4.78, 5) is 0. The average Bonchev–Trinajstić information content (AvgIpc) is 2.86. The molecule has 110 valence electrons. The summed E-state index contributed by atoms with van der Waals surface area (Å²) < 4.78 is 40.4. The van der Waals surface area contributed by atoms with Crippen molar-refractivity contribution in [2.45, 2.75) is 6.18 Å². The molecule has 1 heterocycles. The molecular weight excluding hydrogens is 283 g/mol. The van der Waals surface area contributed by atoms with Crippen molar-refractivity contribution in [3.05, 3.63) is 48.2 Å². The van der Waals surface area contributed by atoms with E-state index in [0.717, 1.165) is 12.1 Å². The molecule has 5 nitrogen and oxygen atoms in total. The van der Waals surface area contributed by atoms with Crippen molar-refractivity contribution in [3.8, 4) is 5.69 Å². The smallest absolute Gasteiger partial charge is 0.367 e. The lowest BCUT2D eigenvalue weighted by Crippen LogP contribution is -2.24. The normalized spacial score (nSPS) is 11.2. The first-order chi connectivity index (χ1) is 9.79. The van der Waals surface area contributed by atoms with Crippen LogP contribution in [0.1, 0.15) is 5.56 Å². The van der Waals surface area contributed by atoms with Crippen molar-refractivity contribution in [1.29, 1.82) is 0 Å². The summed E-state index contributed by atoms with van der Waals surface area (Å²) in [7, 11) is 0. The van der Waals surface area contributed by atoms with Gasteiger partial charge >= 0.3 is 12.0 Å². The molecule has 0 radical (unpaired) electrons. The maximum absolute atomic E-state index is 12.5. The number of guanidine groups is 1. The van der Waals surface area contributed by atoms with Crippen molar-refractivity contribution in [2.75, 3.05) is 0 Å². The highest BCUT2D eigenvalue weighted by Crippen LogP contribution is 2.30. The Bertz CT molecular complexity index is 679. The van der Waals surface area contributed by atoms with Crippen LogP contribution < -0.4 is 11.5 Å². The molecule has 0 saturated carbocycles. The third-order valence-electron chi connectivity index (χ3n) is 2.70. The first-order valence-electron chi connectivity index (χ1n) is 5.84. The van der Waals surface area contributed by atoms with Gasteiger partial charge in [-0.3, -0.25) is 0 Å². The Kier molecular flexibility index (Phi) is 3.70. The van der Waals surface area contributed by atoms with Crippen molar-refractivity contribution >= 4 is 18.5 Å². The second kappa shape index (κ2) is 5.31. The SMILES string of the molecule is C=[N+](N=C(N)N)c1cccn1-c1ccc(C(F)(F)F)cc1. The van der Waals surface area contributed by atoms with Gasteiger partial charge in [0, 0.05) is 6.07 Å². The van der Waals surface area contributed by atoms with E-state index < -0.39 is 11.7 Å². The molecule has 0 aliphatic carbocycles. The number of nitrogens with zero attached hydrogens (tertiary/aromatic N) is 3. The summed E-state index contributed by atoms with van der Waals surface area (Å²) in [5.74, 6) is 0.327. The van der Waals surface area contributed by atoms with Crippen LogP contribution in [0.3, 0.4) is 0 Å². The van der Waals surface area contributed by atoms with Crippen LogP contribution in [0.15, 0.2) is 47.7 Å². The van der Waals surface area contributed by atoms with Crippen molar-refractivity contribution < 1.29 is 17.9 Å². The van der Waals surface area contributed by atoms with Crippen molar-refractivity contribution in [3.63, 3.8) is 0 Å². The van der Waals surface area contributed by atoms with E-state index in [2.05, 4.69) is 11.8 Å². The lowest BCUT2D eigenvalue weighted by molar-refractivity contribution is -0.441. The number of rotatable bonds is 3. The highest BCUT2D eigenvalue weighted by molar-refractivity contribution is 5.75. The maximum atomic E-state index is 12.5. The quantitative estimate of drug-likeness (QED) is 0.394. The number of hydrogen-bond acceptors (Lipinski definition) is 1. The van der Waals surface area contributed by atoms with Crippen LogP contribution in [-0.4, -0.2) is 21.9 Å². The van der Waals surface area contributed by atoms with Gasteiger partial charge in [-0.05, 0) is 35.4 Å². The first-order valence-corrected chi connectivity index (χ1v) is 5.84. The van der Waals surface area contributed by atoms with Crippen LogP contribution in [0.25, 0.3) is 5.69 Å². The fourth-order valence-corrected chi connectivity index (χ4v) is 1.80. The number of hydrazone groups is 1. The highest BCUT2D eigenvalue weighted by atomic mass is 19.4. The number of benzene rings is 1. The fourth-order valence-electron chi connectivity index (χ4n) is 1.80. The molecular formula is C13H13F3N5+. The number of halogens is 3. The molecule has 2 rings (SSSR count). The van der Waals surface area contributed by atoms with Gasteiger partial charge in [0.1, 0.15) is 5.69 Å². The lowest BCUT2D eigenvalue weighted by Gasteiger charge is -2.07. The molecule has 4 N–H and O–H groups in total. The second-order valence-corrected chi connectivity index (χ2v) is 4.21. The highest BCUT2D eigenvalue weighted by Gasteiger charge is 2.30. The Morgan fingerprint density at radius 3 is 2.29 bits per heavy atom. The zero-order valence-corrected chi connectivity index (χ0v) is 10.9. The molecule has 8 heteroatoms. The van der Waals surface area contributed by atoms with Gasteiger partial charge in [0.15, 0.2) is 0 Å². The van der Waals surface area contributed by atoms with E-state index in [1.54, 1.807) is 22.9 Å². The molecule has 1 aromatic carbocycles. The third kappa shape index (κ3) is 3.22. The van der Waals surface area contributed by atoms with Crippen LogP contribution in [0.5, 0.6) is 0 Å². The van der Waals surface area contributed by atoms with Gasteiger partial charge in [0.2, 0.25) is 5.96 Å². The molecule has 0 bridgehead atoms. The minimum atomic E-state index is -4.37. The Hall–Kier alpha value is -2.77. The summed E-state index contributed by atoms with van der Waals surface area (Å²) in [6.07, 6.45) is -2.70. The fraction of sp³-hybridized carbons (Fsp3) is 0.0769. The number of aromatic nitrogens is 1. The van der Waals surface area contributed by atoms with Crippen molar-refractivity contribution in [2.24, 2.45) is 16.6 Å². The van der Waals surface area contributed by atoms with E-state index in [1.165, 1.54) is 16.8 Å². The third-order valence-corrected chi connectivity index (χ3v) is 2.70. The van der Waals surface area contributed by atoms with Gasteiger partial charge < -0.3 is 11.5 Å². The summed E-state index contributed by atoms with van der Waals surface area (Å²) >= 11 is 0. The average molecular weight is 296 g/mol. The van der Waals surface area contributed by atoms with Gasteiger partial charge in [-0.15, -0.1) is 4.68 Å². The molecule has 1 aromatic heterocycles. The van der Waals surface area contributed by atoms with E-state index in [4.69, 9.17) is 11.5 Å². The second-order valence-electron chi connectivity index (χ2n) is 4.21. The van der Waals surface area contributed by atoms with E-state index >= 15 is 0 Å². The van der Waals surface area contributed by atoms with Gasteiger partial charge in [-0.1, -0.05) is 0 Å². The number of hydrogen-bond donors (Lipinski definition) is 2. The van der Waals surface area contributed by atoms with Gasteiger partial charge in [0.25, 0.3) is 0 Å². The molecule has 21 heavy (non-hydrogen) atoms. The van der Waals surface area contributed by atoms with Gasteiger partial charge in [-0.2, -0.15) is 17.7 Å². The van der Waals surface area contributed by atoms with Gasteiger partial charge in [0.05, 0.1) is 18.5 Å². The molecule has 0 saturated heterocycles. The predicted molar refractivity (Wildman–Crippen MR) is 73.6 cm³/mol. The Balaban J connectivity index is 2.38. The van der Waals surface area contributed by atoms with E-state index in [0.29, 0.717) is 11.5 Å². The number of nitrogens with two attached hydrogens (primary N) is 2. The zero-order chi connectivity index (χ0) is 15.6. The minimum Gasteiger partial charge on any atom is -0.367 e. The summed E-state index contributed by atoms with van der Waals surface area (Å²) in [6.45, 7) is 3.65. The molecule has 0 unspecified atom stereocenters. The standard InChI is InChI=1S/C13H13F3N5/c1-20(19-12(17)18)11-3-2-8-21(11)10-6-4-9(5-7-10)13(14,15)16/h2-8H,1H2,(H4,17,18,19)/q+1. The Labute approximate surface area is 118 Å². The van der Waals surface area contributed by atoms with Crippen molar-refractivity contribution in [1.82, 2.24) is 4.57 Å². The Morgan fingerprint density at radius 2 is 1.76 bits per heavy atom. The largest absolute Gasteiger partial charge is 0.416 e. The van der Waals surface area contributed by atoms with E-state index in [1.807, 2.05) is 0 Å². The summed E-state index contributed by atoms with van der Waals surface area (Å²) in [5.41, 5.74) is 10.4. The first kappa shape index (κ1) is 14.6. The zero-order valence-electron chi connectivity index (χ0n) is 10.9. The molecule has 0 aliphatic heterocycles. The monoisotopic (exact) mass is 296 g/mol. The molecule has 0 atom stereocenters. The van der Waals surface area contributed by atoms with E-state index in [9.17, 15) is 13.2 Å². The van der Waals surface area contributed by atoms with E-state index in [-0.39, 0.29) is 5.96 Å². The Morgan fingerprint density at radius 1 is 1.14 bits per heavy atom. The maximum Gasteiger partial charge on any atom is 0.416 e. The number of alkyl halides is 3. The van der Waals surface area contributed by atoms with Crippen LogP contribution in [-0.2, 0) is 6.18 Å². The summed E-state index contributed by atoms with van der Waals surface area (Å²) in [5, 5.41) is 3.76. The topological polar surface area (TPSA) is 72.3 Å². The summed E-state index contributed by atoms with van der Waals surface area (Å²) in [6, 6.07) is 8.11. The molecule has 0 amide bonds. The molecule has 0 fully saturated rings. The molecule has 0 spiro atoms. The minimum absolute atomic E-state index is 0.176. The van der Waals surface area contributed by atoms with Crippen LogP contribution in [0.4, 0.5) is 19.0 Å². The van der Waals surface area contributed by atoms with Crippen LogP contribution in [0, 0.1) is 0 Å². The molecule has 0 aliphatic rings. The molecule has 2 aromatic rings. The van der Waals surface area contributed by atoms with Crippen LogP contribution >= 0.6 is 0 Å². The lowest BCUT2D eigenvalue weighted by atomic mass is 10.2. The van der Waals surface area contributed by atoms with Gasteiger partial charge in [-0.25, -0.2) is 0 Å². The van der Waals surface area contributed by atoms with Crippen LogP contribution in [0.2, 0.25) is 0 Å².